The Morgan fingerprint density at radius 3 is 2.43 bits per heavy atom. The van der Waals surface area contributed by atoms with Crippen LogP contribution in [0.25, 0.3) is 0 Å². The van der Waals surface area contributed by atoms with E-state index in [-0.39, 0.29) is 5.75 Å². The maximum Gasteiger partial charge on any atom is 0.412 e. The first kappa shape index (κ1) is 26.3. The Labute approximate surface area is 220 Å². The molecule has 3 aromatic carbocycles. The lowest BCUT2D eigenvalue weighted by atomic mass is 9.96. The van der Waals surface area contributed by atoms with E-state index in [1.807, 2.05) is 19.1 Å². The molecule has 0 aromatic heterocycles. The summed E-state index contributed by atoms with van der Waals surface area (Å²) in [5.74, 6) is -0.940. The van der Waals surface area contributed by atoms with Crippen LogP contribution in [0.2, 0.25) is 0 Å². The van der Waals surface area contributed by atoms with Gasteiger partial charge < -0.3 is 20.9 Å². The van der Waals surface area contributed by atoms with Gasteiger partial charge >= 0.3 is 6.09 Å². The zero-order valence-electron chi connectivity index (χ0n) is 19.1. The summed E-state index contributed by atoms with van der Waals surface area (Å²) >= 11 is 6.72. The van der Waals surface area contributed by atoms with Gasteiger partial charge in [-0.3, -0.25) is 10.1 Å². The number of amides is 2. The first-order chi connectivity index (χ1) is 16.6. The van der Waals surface area contributed by atoms with E-state index in [1.54, 1.807) is 61.5 Å². The average molecular weight is 603 g/mol. The van der Waals surface area contributed by atoms with Crippen molar-refractivity contribution in [3.8, 4) is 5.75 Å². The number of hydrogen-bond donors (Lipinski definition) is 4. The quantitative estimate of drug-likeness (QED) is 0.173. The molecule has 0 aliphatic rings. The Hall–Kier alpha value is -3.30. The second-order valence-corrected chi connectivity index (χ2v) is 9.71. The van der Waals surface area contributed by atoms with Gasteiger partial charge in [-0.25, -0.2) is 4.79 Å². The van der Waals surface area contributed by atoms with Gasteiger partial charge in [-0.05, 0) is 65.3 Å². The molecule has 2 amide bonds. The van der Waals surface area contributed by atoms with Crippen molar-refractivity contribution >= 4 is 60.9 Å². The van der Waals surface area contributed by atoms with Gasteiger partial charge in [0.25, 0.3) is 0 Å². The Bertz CT molecular complexity index is 1250. The maximum atomic E-state index is 12.7. The number of phenolic OH excluding ortho intramolecular Hbond substituents is 1. The van der Waals surface area contributed by atoms with E-state index in [0.29, 0.717) is 31.6 Å². The summed E-state index contributed by atoms with van der Waals surface area (Å²) in [6.45, 7) is 3.72. The Kier molecular flexibility index (Phi) is 8.95. The van der Waals surface area contributed by atoms with E-state index in [4.69, 9.17) is 10.5 Å². The van der Waals surface area contributed by atoms with E-state index in [0.717, 1.165) is 5.56 Å². The monoisotopic (exact) mass is 601 g/mol. The molecule has 0 bridgehead atoms. The summed E-state index contributed by atoms with van der Waals surface area (Å²) in [4.78, 5) is 25.2. The van der Waals surface area contributed by atoms with E-state index < -0.39 is 24.0 Å². The highest BCUT2D eigenvalue weighted by Gasteiger charge is 2.27. The summed E-state index contributed by atoms with van der Waals surface area (Å²) in [5, 5.41) is 16.1. The summed E-state index contributed by atoms with van der Waals surface area (Å²) in [6.07, 6.45) is 1.35. The fourth-order valence-electron chi connectivity index (χ4n) is 3.28. The minimum Gasteiger partial charge on any atom is -0.506 e. The smallest absolute Gasteiger partial charge is 0.412 e. The molecule has 2 atom stereocenters. The average Bonchev–Trinajstić information content (AvgIpc) is 2.81. The largest absolute Gasteiger partial charge is 0.506 e. The minimum absolute atomic E-state index is 0.0666. The number of phenols is 1. The molecule has 5 N–H and O–H groups in total. The fourth-order valence-corrected chi connectivity index (χ4v) is 4.54. The number of nitrogen functional groups attached to an aromatic ring is 1. The van der Waals surface area contributed by atoms with Crippen molar-refractivity contribution in [3.05, 3.63) is 92.9 Å². The van der Waals surface area contributed by atoms with Crippen LogP contribution in [0.5, 0.6) is 5.75 Å². The molecule has 0 aliphatic heterocycles. The van der Waals surface area contributed by atoms with Crippen molar-refractivity contribution in [1.29, 1.82) is 0 Å². The lowest BCUT2D eigenvalue weighted by molar-refractivity contribution is -0.111. The highest BCUT2D eigenvalue weighted by Crippen LogP contribution is 2.40. The molecule has 0 saturated heterocycles. The van der Waals surface area contributed by atoms with Gasteiger partial charge in [0.15, 0.2) is 0 Å². The topological polar surface area (TPSA) is 114 Å². The molecule has 7 nitrogen and oxygen atoms in total. The van der Waals surface area contributed by atoms with E-state index in [2.05, 4.69) is 42.5 Å². The van der Waals surface area contributed by atoms with E-state index >= 15 is 0 Å². The van der Waals surface area contributed by atoms with Crippen LogP contribution in [0.3, 0.4) is 0 Å². The van der Waals surface area contributed by atoms with Crippen LogP contribution in [0.4, 0.5) is 21.9 Å². The van der Waals surface area contributed by atoms with Crippen LogP contribution < -0.4 is 16.4 Å². The molecule has 0 saturated carbocycles. The molecular formula is C26H25Br2N3O4. The highest BCUT2D eigenvalue weighted by molar-refractivity contribution is 9.11. The van der Waals surface area contributed by atoms with Crippen molar-refractivity contribution in [2.24, 2.45) is 5.92 Å². The van der Waals surface area contributed by atoms with Crippen molar-refractivity contribution in [3.63, 3.8) is 0 Å². The number of nitrogens with two attached hydrogens (primary N) is 1. The molecule has 0 radical (unpaired) electrons. The third kappa shape index (κ3) is 7.34. The summed E-state index contributed by atoms with van der Waals surface area (Å²) in [5.41, 5.74) is 8.82. The van der Waals surface area contributed by atoms with E-state index in [9.17, 15) is 14.7 Å². The van der Waals surface area contributed by atoms with Crippen LogP contribution in [0.15, 0.2) is 81.8 Å². The molecule has 0 aliphatic carbocycles. The first-order valence-electron chi connectivity index (χ1n) is 10.7. The van der Waals surface area contributed by atoms with Crippen molar-refractivity contribution < 1.29 is 19.4 Å². The molecule has 9 heteroatoms. The number of hydrogen-bond acceptors (Lipinski definition) is 5. The number of carbonyl (C=O) groups is 2. The lowest BCUT2D eigenvalue weighted by Crippen LogP contribution is -2.22. The van der Waals surface area contributed by atoms with Crippen LogP contribution in [0, 0.1) is 12.8 Å². The molecular weight excluding hydrogens is 578 g/mol. The molecule has 0 unspecified atom stereocenters. The van der Waals surface area contributed by atoms with Gasteiger partial charge in [0, 0.05) is 21.6 Å². The van der Waals surface area contributed by atoms with Gasteiger partial charge in [0.05, 0.1) is 15.8 Å². The fraction of sp³-hybridized carbons (Fsp3) is 0.154. The Morgan fingerprint density at radius 2 is 1.74 bits per heavy atom. The molecule has 35 heavy (non-hydrogen) atoms. The van der Waals surface area contributed by atoms with Crippen LogP contribution in [0.1, 0.15) is 24.2 Å². The molecule has 3 aromatic rings. The Morgan fingerprint density at radius 1 is 1.06 bits per heavy atom. The number of aromatic hydroxyl groups is 1. The van der Waals surface area contributed by atoms with Crippen molar-refractivity contribution in [2.75, 3.05) is 16.4 Å². The number of rotatable bonds is 7. The molecule has 0 spiro atoms. The lowest BCUT2D eigenvalue weighted by Gasteiger charge is -2.24. The summed E-state index contributed by atoms with van der Waals surface area (Å²) < 4.78 is 6.85. The van der Waals surface area contributed by atoms with Gasteiger partial charge in [0.2, 0.25) is 5.91 Å². The van der Waals surface area contributed by atoms with Gasteiger partial charge in [-0.15, -0.1) is 0 Å². The number of ether oxygens (including phenoxy) is 1. The van der Waals surface area contributed by atoms with Crippen LogP contribution >= 0.6 is 31.9 Å². The number of anilines is 3. The maximum absolute atomic E-state index is 12.7. The molecule has 3 rings (SSSR count). The number of carbonyl (C=O) groups excluding carboxylic acids is 2. The van der Waals surface area contributed by atoms with Crippen molar-refractivity contribution in [2.45, 2.75) is 20.0 Å². The minimum atomic E-state index is -0.903. The third-order valence-corrected chi connectivity index (χ3v) is 6.21. The van der Waals surface area contributed by atoms with Gasteiger partial charge in [0.1, 0.15) is 11.9 Å². The molecule has 182 valence electrons. The molecule has 0 fully saturated rings. The number of aryl methyl sites for hydroxylation is 1. The standard InChI is InChI=1S/C26H25Br2N3O4/c1-15-7-10-18(11-8-15)30-26(34)35-25(19-13-17(27)14-20(28)24(19)33)16(2)9-12-23(32)31-22-6-4-3-5-21(22)29/h3-14,16,25,33H,29H2,1-2H3,(H,30,34)(H,31,32)/b12-9+/t16-,25+/m0/s1. The van der Waals surface area contributed by atoms with Gasteiger partial charge in [-0.1, -0.05) is 58.8 Å². The van der Waals surface area contributed by atoms with Gasteiger partial charge in [-0.2, -0.15) is 0 Å². The van der Waals surface area contributed by atoms with Crippen molar-refractivity contribution in [1.82, 2.24) is 0 Å². The zero-order chi connectivity index (χ0) is 25.5. The predicted molar refractivity (Wildman–Crippen MR) is 145 cm³/mol. The van der Waals surface area contributed by atoms with Crippen LogP contribution in [-0.4, -0.2) is 17.1 Å². The zero-order valence-corrected chi connectivity index (χ0v) is 22.3. The van der Waals surface area contributed by atoms with Crippen LogP contribution in [-0.2, 0) is 9.53 Å². The Balaban J connectivity index is 1.82. The number of halogens is 2. The number of nitrogens with one attached hydrogen (secondary N) is 2. The predicted octanol–water partition coefficient (Wildman–Crippen LogP) is 6.93. The highest BCUT2D eigenvalue weighted by atomic mass is 79.9. The summed E-state index contributed by atoms with van der Waals surface area (Å²) in [7, 11) is 0. The van der Waals surface area contributed by atoms with E-state index in [1.165, 1.54) is 6.08 Å². The normalized spacial score (nSPS) is 12.7. The number of para-hydroxylation sites is 2. The second kappa shape index (κ2) is 11.9. The second-order valence-electron chi connectivity index (χ2n) is 7.94. The summed E-state index contributed by atoms with van der Waals surface area (Å²) in [6, 6.07) is 17.5. The number of benzene rings is 3. The SMILES string of the molecule is Cc1ccc(NC(=O)O[C@@H](c2cc(Br)cc(Br)c2O)[C@@H](C)/C=C/C(=O)Nc2ccccc2N)cc1. The first-order valence-corrected chi connectivity index (χ1v) is 12.3. The third-order valence-electron chi connectivity index (χ3n) is 5.14. The molecule has 0 heterocycles.